The Kier molecular flexibility index (Phi) is 4.89. The fraction of sp³-hybridized carbons (Fsp3) is 0.750. The lowest BCUT2D eigenvalue weighted by Gasteiger charge is -2.19. The molecule has 0 aliphatic carbocycles. The summed E-state index contributed by atoms with van der Waals surface area (Å²) in [5.41, 5.74) is 6.77. The van der Waals surface area contributed by atoms with Crippen molar-refractivity contribution in [1.82, 2.24) is 4.98 Å². The van der Waals surface area contributed by atoms with Gasteiger partial charge in [0, 0.05) is 18.5 Å². The molecule has 4 heteroatoms. The van der Waals surface area contributed by atoms with E-state index in [1.807, 2.05) is 13.8 Å². The van der Waals surface area contributed by atoms with E-state index in [1.165, 1.54) is 6.42 Å². The molecule has 1 rings (SSSR count). The summed E-state index contributed by atoms with van der Waals surface area (Å²) in [7, 11) is 1.71. The van der Waals surface area contributed by atoms with Gasteiger partial charge in [0.2, 0.25) is 0 Å². The largest absolute Gasteiger partial charge is 0.372 e. The Morgan fingerprint density at radius 3 is 2.81 bits per heavy atom. The van der Waals surface area contributed by atoms with E-state index < -0.39 is 0 Å². The van der Waals surface area contributed by atoms with Crippen LogP contribution in [0.5, 0.6) is 0 Å². The van der Waals surface area contributed by atoms with Crippen LogP contribution in [0, 0.1) is 0 Å². The van der Waals surface area contributed by atoms with Crippen LogP contribution in [0.15, 0.2) is 5.38 Å². The molecule has 1 aromatic heterocycles. The number of nitrogens with two attached hydrogens (primary N) is 1. The van der Waals surface area contributed by atoms with Crippen molar-refractivity contribution in [2.24, 2.45) is 5.73 Å². The maximum Gasteiger partial charge on any atom is 0.124 e. The summed E-state index contributed by atoms with van der Waals surface area (Å²) >= 11 is 1.63. The van der Waals surface area contributed by atoms with Gasteiger partial charge in [0.1, 0.15) is 10.6 Å². The first kappa shape index (κ1) is 13.6. The highest BCUT2D eigenvalue weighted by atomic mass is 32.1. The summed E-state index contributed by atoms with van der Waals surface area (Å²) < 4.78 is 5.41. The zero-order chi connectivity index (χ0) is 12.2. The zero-order valence-electron chi connectivity index (χ0n) is 10.6. The zero-order valence-corrected chi connectivity index (χ0v) is 11.4. The van der Waals surface area contributed by atoms with Gasteiger partial charge in [-0.1, -0.05) is 19.8 Å². The summed E-state index contributed by atoms with van der Waals surface area (Å²) in [5.74, 6) is 0. The van der Waals surface area contributed by atoms with Crippen molar-refractivity contribution in [2.45, 2.75) is 51.7 Å². The lowest BCUT2D eigenvalue weighted by Crippen LogP contribution is -2.19. The third-order valence-electron chi connectivity index (χ3n) is 2.80. The quantitative estimate of drug-likeness (QED) is 0.833. The first-order chi connectivity index (χ1) is 7.51. The Hall–Kier alpha value is -0.450. The SMILES string of the molecule is CCCCC(N)c1csc(C(C)(C)OC)n1. The Bertz CT molecular complexity index is 323. The lowest BCUT2D eigenvalue weighted by molar-refractivity contribution is 0.0189. The molecule has 1 aromatic rings. The average molecular weight is 242 g/mol. The molecule has 0 fully saturated rings. The highest BCUT2D eigenvalue weighted by Gasteiger charge is 2.24. The molecule has 0 saturated carbocycles. The van der Waals surface area contributed by atoms with Gasteiger partial charge in [-0.05, 0) is 20.3 Å². The van der Waals surface area contributed by atoms with Gasteiger partial charge in [-0.15, -0.1) is 11.3 Å². The monoisotopic (exact) mass is 242 g/mol. The van der Waals surface area contributed by atoms with Crippen LogP contribution in [0.25, 0.3) is 0 Å². The first-order valence-corrected chi connectivity index (χ1v) is 6.66. The Labute approximate surface area is 102 Å². The second-order valence-electron chi connectivity index (χ2n) is 4.54. The minimum absolute atomic E-state index is 0.0672. The molecule has 0 aliphatic heterocycles. The van der Waals surface area contributed by atoms with Gasteiger partial charge in [0.15, 0.2) is 0 Å². The molecule has 0 aliphatic rings. The molecule has 2 N–H and O–H groups in total. The first-order valence-electron chi connectivity index (χ1n) is 5.78. The molecule has 0 spiro atoms. The van der Waals surface area contributed by atoms with E-state index in [-0.39, 0.29) is 11.6 Å². The molecule has 1 atom stereocenters. The summed E-state index contributed by atoms with van der Waals surface area (Å²) in [6.07, 6.45) is 3.34. The van der Waals surface area contributed by atoms with Crippen LogP contribution < -0.4 is 5.73 Å². The van der Waals surface area contributed by atoms with Gasteiger partial charge < -0.3 is 10.5 Å². The van der Waals surface area contributed by atoms with E-state index in [0.29, 0.717) is 0 Å². The van der Waals surface area contributed by atoms with Gasteiger partial charge in [-0.3, -0.25) is 0 Å². The van der Waals surface area contributed by atoms with Crippen molar-refractivity contribution in [3.63, 3.8) is 0 Å². The van der Waals surface area contributed by atoms with Crippen molar-refractivity contribution < 1.29 is 4.74 Å². The number of hydrogen-bond donors (Lipinski definition) is 1. The second kappa shape index (κ2) is 5.75. The minimum atomic E-state index is -0.312. The minimum Gasteiger partial charge on any atom is -0.372 e. The molecule has 92 valence electrons. The topological polar surface area (TPSA) is 48.1 Å². The van der Waals surface area contributed by atoms with E-state index in [9.17, 15) is 0 Å². The molecule has 0 amide bonds. The van der Waals surface area contributed by atoms with Gasteiger partial charge in [0.25, 0.3) is 0 Å². The number of methoxy groups -OCH3 is 1. The molecular formula is C12H22N2OS. The predicted octanol–water partition coefficient (Wildman–Crippen LogP) is 3.21. The van der Waals surface area contributed by atoms with Gasteiger partial charge >= 0.3 is 0 Å². The van der Waals surface area contributed by atoms with Crippen molar-refractivity contribution >= 4 is 11.3 Å². The van der Waals surface area contributed by atoms with E-state index >= 15 is 0 Å². The average Bonchev–Trinajstić information content (AvgIpc) is 2.75. The van der Waals surface area contributed by atoms with Crippen LogP contribution in [-0.4, -0.2) is 12.1 Å². The third kappa shape index (κ3) is 3.27. The molecule has 0 radical (unpaired) electrons. The molecule has 1 heterocycles. The van der Waals surface area contributed by atoms with Crippen molar-refractivity contribution in [1.29, 1.82) is 0 Å². The molecule has 3 nitrogen and oxygen atoms in total. The number of aromatic nitrogens is 1. The lowest BCUT2D eigenvalue weighted by atomic mass is 10.1. The number of unbranched alkanes of at least 4 members (excludes halogenated alkanes) is 1. The van der Waals surface area contributed by atoms with Gasteiger partial charge in [-0.25, -0.2) is 4.98 Å². The highest BCUT2D eigenvalue weighted by Crippen LogP contribution is 2.29. The summed E-state index contributed by atoms with van der Waals surface area (Å²) in [6, 6.07) is 0.0672. The van der Waals surface area contributed by atoms with Crippen LogP contribution in [0.3, 0.4) is 0 Å². The van der Waals surface area contributed by atoms with Crippen molar-refractivity contribution in [2.75, 3.05) is 7.11 Å². The van der Waals surface area contributed by atoms with Crippen LogP contribution >= 0.6 is 11.3 Å². The molecule has 0 aromatic carbocycles. The predicted molar refractivity (Wildman–Crippen MR) is 68.6 cm³/mol. The van der Waals surface area contributed by atoms with Crippen molar-refractivity contribution in [3.05, 3.63) is 16.1 Å². The summed E-state index contributed by atoms with van der Waals surface area (Å²) in [6.45, 7) is 6.22. The molecule has 0 saturated heterocycles. The normalized spacial score (nSPS) is 14.1. The Morgan fingerprint density at radius 2 is 2.25 bits per heavy atom. The van der Waals surface area contributed by atoms with E-state index in [2.05, 4.69) is 17.3 Å². The van der Waals surface area contributed by atoms with Gasteiger partial charge in [0.05, 0.1) is 5.69 Å². The standard InChI is InChI=1S/C12H22N2OS/c1-5-6-7-9(13)10-8-16-11(14-10)12(2,3)15-4/h8-9H,5-7,13H2,1-4H3. The fourth-order valence-electron chi connectivity index (χ4n) is 1.39. The number of hydrogen-bond acceptors (Lipinski definition) is 4. The van der Waals surface area contributed by atoms with Crippen LogP contribution in [0.4, 0.5) is 0 Å². The summed E-state index contributed by atoms with van der Waals surface area (Å²) in [4.78, 5) is 4.57. The Balaban J connectivity index is 2.71. The molecular weight excluding hydrogens is 220 g/mol. The molecule has 1 unspecified atom stereocenters. The van der Waals surface area contributed by atoms with Crippen molar-refractivity contribution in [3.8, 4) is 0 Å². The number of rotatable bonds is 6. The van der Waals surface area contributed by atoms with Crippen LogP contribution in [0.2, 0.25) is 0 Å². The van der Waals surface area contributed by atoms with E-state index in [4.69, 9.17) is 10.5 Å². The highest BCUT2D eigenvalue weighted by molar-refractivity contribution is 7.09. The summed E-state index contributed by atoms with van der Waals surface area (Å²) in [5, 5.41) is 3.05. The van der Waals surface area contributed by atoms with Crippen LogP contribution in [0.1, 0.15) is 56.8 Å². The molecule has 0 bridgehead atoms. The number of nitrogens with zero attached hydrogens (tertiary/aromatic N) is 1. The maximum absolute atomic E-state index is 6.08. The third-order valence-corrected chi connectivity index (χ3v) is 3.96. The maximum atomic E-state index is 6.08. The Morgan fingerprint density at radius 1 is 1.56 bits per heavy atom. The van der Waals surface area contributed by atoms with E-state index in [1.54, 1.807) is 18.4 Å². The second-order valence-corrected chi connectivity index (χ2v) is 5.40. The number of thiazole rings is 1. The smallest absolute Gasteiger partial charge is 0.124 e. The fourth-order valence-corrected chi connectivity index (χ4v) is 2.38. The van der Waals surface area contributed by atoms with Gasteiger partial charge in [-0.2, -0.15) is 0 Å². The number of ether oxygens (including phenoxy) is 1. The van der Waals surface area contributed by atoms with Crippen LogP contribution in [-0.2, 0) is 10.3 Å². The van der Waals surface area contributed by atoms with E-state index in [0.717, 1.165) is 23.5 Å². The molecule has 16 heavy (non-hydrogen) atoms.